The van der Waals surface area contributed by atoms with Gasteiger partial charge in [-0.25, -0.2) is 0 Å². The Labute approximate surface area is 174 Å². The Morgan fingerprint density at radius 3 is 2.07 bits per heavy atom. The minimum atomic E-state index is -0.360. The Morgan fingerprint density at radius 1 is 0.867 bits per heavy atom. The topological polar surface area (TPSA) is 68.6 Å². The molecule has 1 aliphatic rings. The molecular formula is C24H22N2O4. The molecule has 152 valence electrons. The smallest absolute Gasteiger partial charge is 0.261 e. The number of rotatable bonds is 6. The Morgan fingerprint density at radius 2 is 1.47 bits per heavy atom. The van der Waals surface area contributed by atoms with Gasteiger partial charge in [-0.05, 0) is 31.5 Å². The summed E-state index contributed by atoms with van der Waals surface area (Å²) in [6.45, 7) is 4.55. The maximum absolute atomic E-state index is 12.8. The number of aryl methyl sites for hydroxylation is 1. The summed E-state index contributed by atoms with van der Waals surface area (Å²) in [7, 11) is 0. The molecule has 0 fully saturated rings. The quantitative estimate of drug-likeness (QED) is 0.592. The van der Waals surface area contributed by atoms with Crippen LogP contribution in [-0.2, 0) is 19.7 Å². The van der Waals surface area contributed by atoms with E-state index < -0.39 is 0 Å². The second-order valence-corrected chi connectivity index (χ2v) is 7.19. The van der Waals surface area contributed by atoms with Gasteiger partial charge in [0.1, 0.15) is 6.61 Å². The molecule has 2 heterocycles. The molecule has 6 nitrogen and oxygen atoms in total. The van der Waals surface area contributed by atoms with Crippen molar-refractivity contribution in [3.63, 3.8) is 0 Å². The van der Waals surface area contributed by atoms with E-state index in [9.17, 15) is 14.4 Å². The fourth-order valence-corrected chi connectivity index (χ4v) is 3.82. The highest BCUT2D eigenvalue weighted by Crippen LogP contribution is 2.27. The van der Waals surface area contributed by atoms with Crippen molar-refractivity contribution < 1.29 is 14.3 Å². The summed E-state index contributed by atoms with van der Waals surface area (Å²) in [5.74, 6) is -0.551. The van der Waals surface area contributed by atoms with Gasteiger partial charge in [0.2, 0.25) is 5.43 Å². The zero-order valence-corrected chi connectivity index (χ0v) is 16.9. The molecule has 0 aliphatic carbocycles. The Hall–Kier alpha value is -3.67. The fourth-order valence-electron chi connectivity index (χ4n) is 3.82. The van der Waals surface area contributed by atoms with Gasteiger partial charge < -0.3 is 9.30 Å². The number of benzene rings is 2. The summed E-state index contributed by atoms with van der Waals surface area (Å²) in [5, 5.41) is 0. The number of hydrogen-bond donors (Lipinski definition) is 0. The SMILES string of the molecule is CCn1c(C)cc(=O)c(OCc2ccccc2)c1CN1C(=O)c2ccccc2C1=O. The molecule has 0 N–H and O–H groups in total. The van der Waals surface area contributed by atoms with Crippen LogP contribution >= 0.6 is 0 Å². The summed E-state index contributed by atoms with van der Waals surface area (Å²) < 4.78 is 7.83. The first-order valence-electron chi connectivity index (χ1n) is 9.86. The highest BCUT2D eigenvalue weighted by Gasteiger charge is 2.36. The number of carbonyl (C=O) groups is 2. The van der Waals surface area contributed by atoms with Gasteiger partial charge in [0.15, 0.2) is 5.75 Å². The third-order valence-electron chi connectivity index (χ3n) is 5.31. The molecule has 0 radical (unpaired) electrons. The van der Waals surface area contributed by atoms with Crippen molar-refractivity contribution in [2.75, 3.05) is 0 Å². The minimum Gasteiger partial charge on any atom is -0.483 e. The van der Waals surface area contributed by atoms with Crippen molar-refractivity contribution in [3.8, 4) is 5.75 Å². The normalized spacial score (nSPS) is 12.9. The first kappa shape index (κ1) is 19.6. The van der Waals surface area contributed by atoms with Crippen molar-refractivity contribution in [3.05, 3.63) is 99.0 Å². The lowest BCUT2D eigenvalue weighted by Gasteiger charge is -2.22. The molecule has 0 unspecified atom stereocenters. The molecule has 0 saturated heterocycles. The predicted molar refractivity (Wildman–Crippen MR) is 113 cm³/mol. The number of carbonyl (C=O) groups excluding carboxylic acids is 2. The second-order valence-electron chi connectivity index (χ2n) is 7.19. The molecule has 0 atom stereocenters. The molecule has 0 bridgehead atoms. The van der Waals surface area contributed by atoms with Gasteiger partial charge >= 0.3 is 0 Å². The largest absolute Gasteiger partial charge is 0.483 e. The first-order chi connectivity index (χ1) is 14.5. The zero-order valence-electron chi connectivity index (χ0n) is 16.9. The van der Waals surface area contributed by atoms with Gasteiger partial charge in [0.25, 0.3) is 11.8 Å². The molecule has 0 spiro atoms. The van der Waals surface area contributed by atoms with Crippen LogP contribution in [-0.4, -0.2) is 21.3 Å². The lowest BCUT2D eigenvalue weighted by atomic mass is 10.1. The Kier molecular flexibility index (Phi) is 5.23. The average Bonchev–Trinajstić information content (AvgIpc) is 2.99. The second kappa shape index (κ2) is 7.99. The van der Waals surface area contributed by atoms with Crippen LogP contribution < -0.4 is 10.2 Å². The van der Waals surface area contributed by atoms with E-state index >= 15 is 0 Å². The van der Waals surface area contributed by atoms with Crippen LogP contribution in [0.1, 0.15) is 44.6 Å². The van der Waals surface area contributed by atoms with Gasteiger partial charge in [0, 0.05) is 18.3 Å². The van der Waals surface area contributed by atoms with Crippen molar-refractivity contribution in [1.29, 1.82) is 0 Å². The van der Waals surface area contributed by atoms with Gasteiger partial charge in [0.05, 0.1) is 23.4 Å². The summed E-state index contributed by atoms with van der Waals surface area (Å²) in [5.41, 5.74) is 2.70. The van der Waals surface area contributed by atoms with Gasteiger partial charge in [-0.3, -0.25) is 19.3 Å². The van der Waals surface area contributed by atoms with Gasteiger partial charge in [-0.2, -0.15) is 0 Å². The van der Waals surface area contributed by atoms with E-state index in [2.05, 4.69) is 0 Å². The monoisotopic (exact) mass is 402 g/mol. The van der Waals surface area contributed by atoms with Crippen LogP contribution in [0.25, 0.3) is 0 Å². The molecule has 2 aromatic carbocycles. The molecule has 3 aromatic rings. The molecule has 2 amide bonds. The Bertz CT molecular complexity index is 1150. The number of fused-ring (bicyclic) bond motifs is 1. The highest BCUT2D eigenvalue weighted by molar-refractivity contribution is 6.21. The lowest BCUT2D eigenvalue weighted by molar-refractivity contribution is 0.0636. The summed E-state index contributed by atoms with van der Waals surface area (Å²) in [4.78, 5) is 39.7. The van der Waals surface area contributed by atoms with E-state index in [0.717, 1.165) is 11.3 Å². The maximum atomic E-state index is 12.8. The number of nitrogens with zero attached hydrogens (tertiary/aromatic N) is 2. The van der Waals surface area contributed by atoms with Crippen LogP contribution in [0.3, 0.4) is 0 Å². The van der Waals surface area contributed by atoms with Crippen LogP contribution in [0.2, 0.25) is 0 Å². The first-order valence-corrected chi connectivity index (χ1v) is 9.86. The minimum absolute atomic E-state index is 0.0266. The summed E-state index contributed by atoms with van der Waals surface area (Å²) >= 11 is 0. The van der Waals surface area contributed by atoms with E-state index in [1.54, 1.807) is 24.3 Å². The van der Waals surface area contributed by atoms with E-state index in [-0.39, 0.29) is 36.1 Å². The van der Waals surface area contributed by atoms with E-state index in [1.807, 2.05) is 48.7 Å². The number of aromatic nitrogens is 1. The van der Waals surface area contributed by atoms with Gasteiger partial charge in [-0.1, -0.05) is 42.5 Å². The average molecular weight is 402 g/mol. The van der Waals surface area contributed by atoms with E-state index in [0.29, 0.717) is 23.4 Å². The van der Waals surface area contributed by atoms with Crippen molar-refractivity contribution >= 4 is 11.8 Å². The number of ether oxygens (including phenoxy) is 1. The number of pyridine rings is 1. The van der Waals surface area contributed by atoms with Crippen LogP contribution in [0.15, 0.2) is 65.5 Å². The number of hydrogen-bond acceptors (Lipinski definition) is 4. The van der Waals surface area contributed by atoms with Gasteiger partial charge in [-0.15, -0.1) is 0 Å². The zero-order chi connectivity index (χ0) is 21.3. The highest BCUT2D eigenvalue weighted by atomic mass is 16.5. The third kappa shape index (κ3) is 3.41. The molecular weight excluding hydrogens is 380 g/mol. The molecule has 4 rings (SSSR count). The predicted octanol–water partition coefficient (Wildman–Crippen LogP) is 3.55. The molecule has 6 heteroatoms. The molecule has 30 heavy (non-hydrogen) atoms. The van der Waals surface area contributed by atoms with Crippen LogP contribution in [0, 0.1) is 6.92 Å². The molecule has 0 saturated carbocycles. The van der Waals surface area contributed by atoms with Crippen LogP contribution in [0.4, 0.5) is 0 Å². The lowest BCUT2D eigenvalue weighted by Crippen LogP contribution is -2.32. The van der Waals surface area contributed by atoms with Crippen molar-refractivity contribution in [2.24, 2.45) is 0 Å². The molecule has 1 aromatic heterocycles. The Balaban J connectivity index is 1.72. The third-order valence-corrected chi connectivity index (χ3v) is 5.31. The standard InChI is InChI=1S/C24H22N2O4/c1-3-25-16(2)13-21(27)22(30-15-17-9-5-4-6-10-17)20(25)14-26-23(28)18-11-7-8-12-19(18)24(26)29/h4-13H,3,14-15H2,1-2H3. The summed E-state index contributed by atoms with van der Waals surface area (Å²) in [6, 6.07) is 17.8. The molecule has 1 aliphatic heterocycles. The number of imide groups is 1. The fraction of sp³-hybridized carbons (Fsp3) is 0.208. The van der Waals surface area contributed by atoms with Crippen molar-refractivity contribution in [2.45, 2.75) is 33.5 Å². The van der Waals surface area contributed by atoms with Crippen molar-refractivity contribution in [1.82, 2.24) is 9.47 Å². The van der Waals surface area contributed by atoms with E-state index in [4.69, 9.17) is 4.74 Å². The van der Waals surface area contributed by atoms with E-state index in [1.165, 1.54) is 11.0 Å². The summed E-state index contributed by atoms with van der Waals surface area (Å²) in [6.07, 6.45) is 0. The van der Waals surface area contributed by atoms with Crippen LogP contribution in [0.5, 0.6) is 5.75 Å². The number of amides is 2. The maximum Gasteiger partial charge on any atom is 0.261 e.